The van der Waals surface area contributed by atoms with Crippen molar-refractivity contribution in [2.45, 2.75) is 70.5 Å². The lowest BCUT2D eigenvalue weighted by atomic mass is 9.96. The van der Waals surface area contributed by atoms with Crippen LogP contribution in [0, 0.1) is 0 Å². The van der Waals surface area contributed by atoms with E-state index in [0.717, 1.165) is 32.4 Å². The molecule has 0 aromatic rings. The quantitative estimate of drug-likeness (QED) is 0.808. The SMILES string of the molecule is CCC(NC(=O)NC1CCCCC1)N1CCCC1. The Balaban J connectivity index is 1.73. The predicted octanol–water partition coefficient (Wildman–Crippen LogP) is 2.45. The van der Waals surface area contributed by atoms with Crippen molar-refractivity contribution in [1.82, 2.24) is 15.5 Å². The molecule has 0 radical (unpaired) electrons. The Labute approximate surface area is 110 Å². The molecular formula is C14H27N3O. The van der Waals surface area contributed by atoms with Crippen LogP contribution < -0.4 is 10.6 Å². The fourth-order valence-electron chi connectivity index (χ4n) is 3.13. The average Bonchev–Trinajstić information content (AvgIpc) is 2.91. The molecule has 1 atom stereocenters. The molecule has 4 nitrogen and oxygen atoms in total. The van der Waals surface area contributed by atoms with Gasteiger partial charge in [0.2, 0.25) is 0 Å². The first-order valence-corrected chi connectivity index (χ1v) is 7.60. The fourth-order valence-corrected chi connectivity index (χ4v) is 3.13. The number of carbonyl (C=O) groups excluding carboxylic acids is 1. The minimum atomic E-state index is 0.0284. The zero-order valence-corrected chi connectivity index (χ0v) is 11.6. The predicted molar refractivity (Wildman–Crippen MR) is 73.4 cm³/mol. The molecule has 18 heavy (non-hydrogen) atoms. The molecule has 1 unspecified atom stereocenters. The summed E-state index contributed by atoms with van der Waals surface area (Å²) < 4.78 is 0. The molecule has 1 aliphatic carbocycles. The van der Waals surface area contributed by atoms with Gasteiger partial charge < -0.3 is 10.6 Å². The molecule has 2 amide bonds. The van der Waals surface area contributed by atoms with Gasteiger partial charge in [-0.2, -0.15) is 0 Å². The Bertz CT molecular complexity index is 258. The lowest BCUT2D eigenvalue weighted by Crippen LogP contribution is -2.52. The van der Waals surface area contributed by atoms with Gasteiger partial charge in [0.15, 0.2) is 0 Å². The lowest BCUT2D eigenvalue weighted by molar-refractivity contribution is 0.183. The molecule has 1 saturated carbocycles. The first kappa shape index (κ1) is 13.7. The van der Waals surface area contributed by atoms with Crippen LogP contribution in [0.4, 0.5) is 4.79 Å². The van der Waals surface area contributed by atoms with E-state index in [1.54, 1.807) is 0 Å². The molecule has 2 rings (SSSR count). The van der Waals surface area contributed by atoms with Crippen LogP contribution in [0.1, 0.15) is 58.3 Å². The molecule has 0 bridgehead atoms. The summed E-state index contributed by atoms with van der Waals surface area (Å²) in [4.78, 5) is 14.4. The number of hydrogen-bond acceptors (Lipinski definition) is 2. The maximum Gasteiger partial charge on any atom is 0.316 e. The highest BCUT2D eigenvalue weighted by atomic mass is 16.2. The molecule has 2 N–H and O–H groups in total. The second kappa shape index (κ2) is 6.98. The van der Waals surface area contributed by atoms with Gasteiger partial charge in [0, 0.05) is 19.1 Å². The second-order valence-electron chi connectivity index (χ2n) is 5.62. The molecule has 0 aromatic carbocycles. The number of urea groups is 1. The van der Waals surface area contributed by atoms with Crippen molar-refractivity contribution in [2.24, 2.45) is 0 Å². The van der Waals surface area contributed by atoms with Crippen molar-refractivity contribution < 1.29 is 4.79 Å². The summed E-state index contributed by atoms with van der Waals surface area (Å²) in [6, 6.07) is 0.426. The van der Waals surface area contributed by atoms with Crippen molar-refractivity contribution >= 4 is 6.03 Å². The van der Waals surface area contributed by atoms with Gasteiger partial charge in [-0.1, -0.05) is 26.2 Å². The third kappa shape index (κ3) is 3.87. The van der Waals surface area contributed by atoms with Gasteiger partial charge in [-0.25, -0.2) is 4.79 Å². The molecule has 1 aliphatic heterocycles. The van der Waals surface area contributed by atoms with E-state index >= 15 is 0 Å². The first-order valence-electron chi connectivity index (χ1n) is 7.60. The van der Waals surface area contributed by atoms with Gasteiger partial charge in [0.05, 0.1) is 6.17 Å². The van der Waals surface area contributed by atoms with E-state index in [1.807, 2.05) is 0 Å². The topological polar surface area (TPSA) is 44.4 Å². The van der Waals surface area contributed by atoms with Crippen LogP contribution in [0.25, 0.3) is 0 Å². The molecule has 1 heterocycles. The monoisotopic (exact) mass is 253 g/mol. The lowest BCUT2D eigenvalue weighted by Gasteiger charge is -2.29. The van der Waals surface area contributed by atoms with E-state index in [4.69, 9.17) is 0 Å². The minimum absolute atomic E-state index is 0.0284. The smallest absolute Gasteiger partial charge is 0.316 e. The first-order chi connectivity index (χ1) is 8.79. The zero-order valence-electron chi connectivity index (χ0n) is 11.6. The summed E-state index contributed by atoms with van der Waals surface area (Å²) in [5, 5.41) is 6.26. The van der Waals surface area contributed by atoms with Crippen LogP contribution >= 0.6 is 0 Å². The van der Waals surface area contributed by atoms with Crippen molar-refractivity contribution in [2.75, 3.05) is 13.1 Å². The summed E-state index contributed by atoms with van der Waals surface area (Å²) >= 11 is 0. The van der Waals surface area contributed by atoms with Crippen molar-refractivity contribution in [3.05, 3.63) is 0 Å². The summed E-state index contributed by atoms with van der Waals surface area (Å²) in [5.41, 5.74) is 0. The van der Waals surface area contributed by atoms with Gasteiger partial charge in [-0.05, 0) is 32.1 Å². The maximum atomic E-state index is 12.0. The zero-order chi connectivity index (χ0) is 12.8. The number of rotatable bonds is 4. The van der Waals surface area contributed by atoms with Crippen LogP contribution in [-0.4, -0.2) is 36.2 Å². The van der Waals surface area contributed by atoms with Crippen molar-refractivity contribution in [3.63, 3.8) is 0 Å². The van der Waals surface area contributed by atoms with Crippen LogP contribution in [0.5, 0.6) is 0 Å². The highest BCUT2D eigenvalue weighted by Crippen LogP contribution is 2.17. The molecule has 0 aromatic heterocycles. The number of likely N-dealkylation sites (tertiary alicyclic amines) is 1. The Kier molecular flexibility index (Phi) is 5.29. The van der Waals surface area contributed by atoms with Crippen molar-refractivity contribution in [3.8, 4) is 0 Å². The third-order valence-electron chi connectivity index (χ3n) is 4.21. The minimum Gasteiger partial charge on any atom is -0.335 e. The van der Waals surface area contributed by atoms with Gasteiger partial charge >= 0.3 is 6.03 Å². The number of amides is 2. The number of nitrogens with one attached hydrogen (secondary N) is 2. The highest BCUT2D eigenvalue weighted by Gasteiger charge is 2.23. The average molecular weight is 253 g/mol. The Morgan fingerprint density at radius 2 is 1.83 bits per heavy atom. The number of carbonyl (C=O) groups is 1. The van der Waals surface area contributed by atoms with Crippen LogP contribution in [0.3, 0.4) is 0 Å². The summed E-state index contributed by atoms with van der Waals surface area (Å²) in [5.74, 6) is 0. The second-order valence-corrected chi connectivity index (χ2v) is 5.62. The van der Waals surface area contributed by atoms with Gasteiger partial charge in [-0.3, -0.25) is 4.90 Å². The van der Waals surface area contributed by atoms with E-state index in [2.05, 4.69) is 22.5 Å². The van der Waals surface area contributed by atoms with E-state index < -0.39 is 0 Å². The van der Waals surface area contributed by atoms with E-state index in [0.29, 0.717) is 6.04 Å². The number of nitrogens with zero attached hydrogens (tertiary/aromatic N) is 1. The third-order valence-corrected chi connectivity index (χ3v) is 4.21. The van der Waals surface area contributed by atoms with Crippen LogP contribution in [0.2, 0.25) is 0 Å². The maximum absolute atomic E-state index is 12.0. The Morgan fingerprint density at radius 3 is 2.44 bits per heavy atom. The molecule has 4 heteroatoms. The van der Waals surface area contributed by atoms with Gasteiger partial charge in [0.25, 0.3) is 0 Å². The summed E-state index contributed by atoms with van der Waals surface area (Å²) in [7, 11) is 0. The van der Waals surface area contributed by atoms with E-state index in [1.165, 1.54) is 32.1 Å². The van der Waals surface area contributed by atoms with Crippen LogP contribution in [0.15, 0.2) is 0 Å². The molecule has 2 fully saturated rings. The summed E-state index contributed by atoms with van der Waals surface area (Å²) in [6.45, 7) is 4.40. The molecular weight excluding hydrogens is 226 g/mol. The van der Waals surface area contributed by atoms with Gasteiger partial charge in [0.1, 0.15) is 0 Å². The van der Waals surface area contributed by atoms with Crippen LogP contribution in [-0.2, 0) is 0 Å². The van der Waals surface area contributed by atoms with E-state index in [-0.39, 0.29) is 12.2 Å². The van der Waals surface area contributed by atoms with Crippen molar-refractivity contribution in [1.29, 1.82) is 0 Å². The molecule has 2 aliphatic rings. The normalized spacial score (nSPS) is 23.8. The molecule has 0 spiro atoms. The molecule has 1 saturated heterocycles. The highest BCUT2D eigenvalue weighted by molar-refractivity contribution is 5.74. The number of hydrogen-bond donors (Lipinski definition) is 2. The fraction of sp³-hybridized carbons (Fsp3) is 0.929. The largest absolute Gasteiger partial charge is 0.335 e. The van der Waals surface area contributed by atoms with E-state index in [9.17, 15) is 4.79 Å². The Morgan fingerprint density at radius 1 is 1.17 bits per heavy atom. The van der Waals surface area contributed by atoms with Gasteiger partial charge in [-0.15, -0.1) is 0 Å². The Hall–Kier alpha value is -0.770. The molecule has 104 valence electrons. The summed E-state index contributed by atoms with van der Waals surface area (Å²) in [6.07, 6.45) is 9.87. The standard InChI is InChI=1S/C14H27N3O/c1-2-13(17-10-6-7-11-17)16-14(18)15-12-8-4-3-5-9-12/h12-13H,2-11H2,1H3,(H2,15,16,18).